The van der Waals surface area contributed by atoms with E-state index in [0.717, 1.165) is 10.2 Å². The second-order valence-electron chi connectivity index (χ2n) is 4.71. The zero-order chi connectivity index (χ0) is 16.4. The molecule has 3 rings (SSSR count). The van der Waals surface area contributed by atoms with Crippen molar-refractivity contribution < 1.29 is 4.79 Å². The maximum atomic E-state index is 12.5. The number of hydrogen-bond acceptors (Lipinski definition) is 4. The van der Waals surface area contributed by atoms with E-state index in [9.17, 15) is 4.79 Å². The lowest BCUT2D eigenvalue weighted by molar-refractivity contribution is 0.103. The maximum absolute atomic E-state index is 12.5. The van der Waals surface area contributed by atoms with Crippen molar-refractivity contribution in [2.45, 2.75) is 0 Å². The van der Waals surface area contributed by atoms with Crippen LogP contribution < -0.4 is 11.1 Å². The van der Waals surface area contributed by atoms with Gasteiger partial charge in [-0.15, -0.1) is 0 Å². The van der Waals surface area contributed by atoms with Crippen LogP contribution in [0.2, 0.25) is 0 Å². The van der Waals surface area contributed by atoms with E-state index < -0.39 is 0 Å². The number of benzene rings is 2. The van der Waals surface area contributed by atoms with Crippen molar-refractivity contribution in [3.05, 3.63) is 67.9 Å². The van der Waals surface area contributed by atoms with Crippen molar-refractivity contribution in [1.82, 2.24) is 4.57 Å². The minimum Gasteiger partial charge on any atom is -0.383 e. The van der Waals surface area contributed by atoms with E-state index in [-0.39, 0.29) is 5.91 Å². The molecule has 0 aliphatic carbocycles. The van der Waals surface area contributed by atoms with Gasteiger partial charge in [0.2, 0.25) is 0 Å². The number of thiazole rings is 1. The number of nitrogens with zero attached hydrogens (tertiary/aromatic N) is 1. The summed E-state index contributed by atoms with van der Waals surface area (Å²) in [5.74, 6) is 0.0800. The Balaban J connectivity index is 1.93. The maximum Gasteiger partial charge on any atom is 0.269 e. The SMILES string of the molecule is Nc1c(C(=O)Nc2ccc(Br)cc2)sc(=S)n1-c1ccccc1. The van der Waals surface area contributed by atoms with Crippen molar-refractivity contribution in [1.29, 1.82) is 0 Å². The topological polar surface area (TPSA) is 60.1 Å². The number of carbonyl (C=O) groups is 1. The molecular formula is C16H12BrN3OS2. The normalized spacial score (nSPS) is 10.5. The number of para-hydroxylation sites is 1. The fourth-order valence-corrected chi connectivity index (χ4v) is 3.62. The molecule has 1 amide bonds. The Hall–Kier alpha value is -1.96. The number of nitrogens with two attached hydrogens (primary N) is 1. The number of hydrogen-bond donors (Lipinski definition) is 2. The summed E-state index contributed by atoms with van der Waals surface area (Å²) in [5, 5.41) is 2.83. The minimum atomic E-state index is -0.268. The third kappa shape index (κ3) is 3.36. The number of amides is 1. The molecular weight excluding hydrogens is 394 g/mol. The monoisotopic (exact) mass is 405 g/mol. The van der Waals surface area contributed by atoms with Crippen LogP contribution in [-0.4, -0.2) is 10.5 Å². The fraction of sp³-hybridized carbons (Fsp3) is 0. The van der Waals surface area contributed by atoms with E-state index in [1.54, 1.807) is 4.57 Å². The summed E-state index contributed by atoms with van der Waals surface area (Å²) in [5.41, 5.74) is 7.69. The van der Waals surface area contributed by atoms with Crippen LogP contribution in [0.3, 0.4) is 0 Å². The molecule has 0 saturated carbocycles. The van der Waals surface area contributed by atoms with Crippen molar-refractivity contribution >= 4 is 56.9 Å². The van der Waals surface area contributed by atoms with Crippen molar-refractivity contribution in [2.24, 2.45) is 0 Å². The van der Waals surface area contributed by atoms with Crippen LogP contribution in [-0.2, 0) is 0 Å². The number of carbonyl (C=O) groups excluding carboxylic acids is 1. The number of nitrogens with one attached hydrogen (secondary N) is 1. The summed E-state index contributed by atoms with van der Waals surface area (Å²) in [6, 6.07) is 16.8. The highest BCUT2D eigenvalue weighted by Crippen LogP contribution is 2.27. The summed E-state index contributed by atoms with van der Waals surface area (Å²) < 4.78 is 3.19. The first-order valence-corrected chi connectivity index (χ1v) is 8.71. The Kier molecular flexibility index (Phi) is 4.61. The van der Waals surface area contributed by atoms with E-state index in [2.05, 4.69) is 21.2 Å². The van der Waals surface area contributed by atoms with Gasteiger partial charge in [-0.1, -0.05) is 45.5 Å². The van der Waals surface area contributed by atoms with Gasteiger partial charge >= 0.3 is 0 Å². The van der Waals surface area contributed by atoms with Crippen molar-refractivity contribution in [3.63, 3.8) is 0 Å². The van der Waals surface area contributed by atoms with Crippen LogP contribution >= 0.6 is 39.5 Å². The van der Waals surface area contributed by atoms with Gasteiger partial charge in [0, 0.05) is 15.8 Å². The lowest BCUT2D eigenvalue weighted by Crippen LogP contribution is -2.13. The Morgan fingerprint density at radius 3 is 2.43 bits per heavy atom. The lowest BCUT2D eigenvalue weighted by atomic mass is 10.3. The Morgan fingerprint density at radius 2 is 1.78 bits per heavy atom. The molecule has 3 aromatic rings. The molecule has 0 radical (unpaired) electrons. The summed E-state index contributed by atoms with van der Waals surface area (Å²) in [4.78, 5) is 12.9. The van der Waals surface area contributed by atoms with E-state index in [1.165, 1.54) is 11.3 Å². The minimum absolute atomic E-state index is 0.268. The van der Waals surface area contributed by atoms with Crippen LogP contribution in [0.25, 0.3) is 5.69 Å². The van der Waals surface area contributed by atoms with E-state index >= 15 is 0 Å². The molecule has 3 N–H and O–H groups in total. The fourth-order valence-electron chi connectivity index (χ4n) is 2.09. The average Bonchev–Trinajstić information content (AvgIpc) is 2.85. The van der Waals surface area contributed by atoms with Crippen LogP contribution in [0.4, 0.5) is 11.5 Å². The van der Waals surface area contributed by atoms with Crippen LogP contribution in [0.5, 0.6) is 0 Å². The first kappa shape index (κ1) is 15.9. The van der Waals surface area contributed by atoms with Gasteiger partial charge < -0.3 is 11.1 Å². The Bertz CT molecular complexity index is 901. The van der Waals surface area contributed by atoms with E-state index in [0.29, 0.717) is 20.3 Å². The molecule has 0 aliphatic heterocycles. The Morgan fingerprint density at radius 1 is 1.13 bits per heavy atom. The molecule has 0 unspecified atom stereocenters. The van der Waals surface area contributed by atoms with Crippen molar-refractivity contribution in [3.8, 4) is 5.69 Å². The molecule has 4 nitrogen and oxygen atoms in total. The number of anilines is 2. The standard InChI is InChI=1S/C16H12BrN3OS2/c17-10-6-8-11(9-7-10)19-15(21)13-14(18)20(16(22)23-13)12-4-2-1-3-5-12/h1-9H,18H2,(H,19,21). The second-order valence-corrected chi connectivity index (χ2v) is 7.27. The predicted octanol–water partition coefficient (Wildman–Crippen LogP) is 4.87. The zero-order valence-electron chi connectivity index (χ0n) is 11.8. The predicted molar refractivity (Wildman–Crippen MR) is 101 cm³/mol. The molecule has 0 fully saturated rings. The third-order valence-electron chi connectivity index (χ3n) is 3.17. The number of nitrogen functional groups attached to an aromatic ring is 1. The third-order valence-corrected chi connectivity index (χ3v) is 5.09. The highest BCUT2D eigenvalue weighted by Gasteiger charge is 2.18. The summed E-state index contributed by atoms with van der Waals surface area (Å²) >= 11 is 9.92. The number of rotatable bonds is 3. The number of aromatic nitrogens is 1. The Labute approximate surface area is 150 Å². The highest BCUT2D eigenvalue weighted by atomic mass is 79.9. The average molecular weight is 406 g/mol. The second kappa shape index (κ2) is 6.66. The molecule has 1 heterocycles. The van der Waals surface area contributed by atoms with Gasteiger partial charge in [-0.2, -0.15) is 0 Å². The summed E-state index contributed by atoms with van der Waals surface area (Å²) in [6.45, 7) is 0. The van der Waals surface area contributed by atoms with Gasteiger partial charge in [0.15, 0.2) is 3.95 Å². The highest BCUT2D eigenvalue weighted by molar-refractivity contribution is 9.10. The quantitative estimate of drug-likeness (QED) is 0.611. The molecule has 0 aliphatic rings. The molecule has 0 atom stereocenters. The van der Waals surface area contributed by atoms with Gasteiger partial charge in [-0.25, -0.2) is 0 Å². The van der Waals surface area contributed by atoms with Gasteiger partial charge in [0.25, 0.3) is 5.91 Å². The summed E-state index contributed by atoms with van der Waals surface area (Å²) in [6.07, 6.45) is 0. The van der Waals surface area contributed by atoms with Crippen LogP contribution in [0.15, 0.2) is 59.1 Å². The van der Waals surface area contributed by atoms with Crippen LogP contribution in [0.1, 0.15) is 9.67 Å². The van der Waals surface area contributed by atoms with Gasteiger partial charge in [-0.3, -0.25) is 9.36 Å². The van der Waals surface area contributed by atoms with Gasteiger partial charge in [-0.05, 0) is 48.6 Å². The molecule has 0 saturated heterocycles. The molecule has 1 aromatic heterocycles. The van der Waals surface area contributed by atoms with E-state index in [1.807, 2.05) is 54.6 Å². The molecule has 116 valence electrons. The van der Waals surface area contributed by atoms with Gasteiger partial charge in [0.1, 0.15) is 10.7 Å². The lowest BCUT2D eigenvalue weighted by Gasteiger charge is -2.07. The molecule has 23 heavy (non-hydrogen) atoms. The summed E-state index contributed by atoms with van der Waals surface area (Å²) in [7, 11) is 0. The zero-order valence-corrected chi connectivity index (χ0v) is 15.0. The van der Waals surface area contributed by atoms with Crippen molar-refractivity contribution in [2.75, 3.05) is 11.1 Å². The smallest absolute Gasteiger partial charge is 0.269 e. The molecule has 0 spiro atoms. The van der Waals surface area contributed by atoms with E-state index in [4.69, 9.17) is 18.0 Å². The van der Waals surface area contributed by atoms with Crippen LogP contribution in [0, 0.1) is 3.95 Å². The van der Waals surface area contributed by atoms with Gasteiger partial charge in [0.05, 0.1) is 0 Å². The molecule has 7 heteroatoms. The first-order valence-electron chi connectivity index (χ1n) is 6.70. The first-order chi connectivity index (χ1) is 11.1. The molecule has 2 aromatic carbocycles. The number of halogens is 1. The largest absolute Gasteiger partial charge is 0.383 e. The molecule has 0 bridgehead atoms.